The molecule has 3 aliphatic heterocycles. The molecule has 0 aliphatic carbocycles. The van der Waals surface area contributed by atoms with E-state index in [-0.39, 0.29) is 12.1 Å². The van der Waals surface area contributed by atoms with Crippen LogP contribution >= 0.6 is 0 Å². The maximum Gasteiger partial charge on any atom is 0.243 e. The van der Waals surface area contributed by atoms with Crippen LogP contribution in [0.2, 0.25) is 0 Å². The summed E-state index contributed by atoms with van der Waals surface area (Å²) in [6.45, 7) is 5.13. The number of fused-ring (bicyclic) bond motifs is 2. The summed E-state index contributed by atoms with van der Waals surface area (Å²) in [6.07, 6.45) is 4.41. The van der Waals surface area contributed by atoms with Crippen LogP contribution in [0.15, 0.2) is 53.7 Å². The number of sulfonamides is 1. The topological polar surface area (TPSA) is 84.2 Å². The lowest BCUT2D eigenvalue weighted by atomic mass is 9.91. The molecule has 3 aliphatic rings. The summed E-state index contributed by atoms with van der Waals surface area (Å²) in [5, 5.41) is 4.18. The lowest BCUT2D eigenvalue weighted by molar-refractivity contribution is 0.0874. The number of aryl methyl sites for hydroxylation is 2. The Kier molecular flexibility index (Phi) is 4.18. The van der Waals surface area contributed by atoms with Crippen molar-refractivity contribution < 1.29 is 8.42 Å². The Labute approximate surface area is 169 Å². The number of piperidine rings is 1. The number of hydrogen-bond acceptors (Lipinski definition) is 6. The zero-order chi connectivity index (χ0) is 20.2. The highest BCUT2D eigenvalue weighted by molar-refractivity contribution is 7.89. The van der Waals surface area contributed by atoms with Crippen molar-refractivity contribution in [2.75, 3.05) is 18.0 Å². The summed E-state index contributed by atoms with van der Waals surface area (Å²) >= 11 is 0. The van der Waals surface area contributed by atoms with Gasteiger partial charge in [0.15, 0.2) is 0 Å². The number of benzene rings is 1. The van der Waals surface area contributed by atoms with Gasteiger partial charge in [-0.25, -0.2) is 23.1 Å². The number of hydrogen-bond donors (Lipinski definition) is 0. The highest BCUT2D eigenvalue weighted by Gasteiger charge is 2.51. The maximum absolute atomic E-state index is 13.2. The van der Waals surface area contributed by atoms with E-state index >= 15 is 0 Å². The molecule has 0 saturated carbocycles. The second-order valence-electron chi connectivity index (χ2n) is 7.64. The quantitative estimate of drug-likeness (QED) is 0.654. The first-order chi connectivity index (χ1) is 13.9. The monoisotopic (exact) mass is 410 g/mol. The molecule has 3 saturated heterocycles. The largest absolute Gasteiger partial charge is 0.353 e. The molecule has 5 heterocycles. The van der Waals surface area contributed by atoms with Crippen molar-refractivity contribution in [1.82, 2.24) is 24.1 Å². The third-order valence-electron chi connectivity index (χ3n) is 5.58. The summed E-state index contributed by atoms with van der Waals surface area (Å²) in [5.74, 6) is 1.62. The van der Waals surface area contributed by atoms with Crippen molar-refractivity contribution in [2.45, 2.75) is 37.2 Å². The summed E-state index contributed by atoms with van der Waals surface area (Å²) in [6, 6.07) is 10.6. The summed E-state index contributed by atoms with van der Waals surface area (Å²) < 4.78 is 29.9. The number of rotatable bonds is 4. The fraction of sp³-hybridized carbons (Fsp3) is 0.350. The maximum atomic E-state index is 13.2. The van der Waals surface area contributed by atoms with Crippen molar-refractivity contribution >= 4 is 15.8 Å². The minimum atomic E-state index is -3.52. The standard InChI is InChI=1S/C20H22N6O2S/c1-14-10-20(23-15(2)22-14)24-12-17-11-18(13-24)26(17)29(27,28)19-6-4-16(5-7-19)25-9-3-8-21-25/h3-10,17-18H,11-13H2,1-2H3. The molecule has 150 valence electrons. The molecule has 2 bridgehead atoms. The van der Waals surface area contributed by atoms with Crippen LogP contribution in [0, 0.1) is 13.8 Å². The molecule has 0 radical (unpaired) electrons. The molecule has 0 N–H and O–H groups in total. The van der Waals surface area contributed by atoms with E-state index in [0.29, 0.717) is 18.0 Å². The van der Waals surface area contributed by atoms with Gasteiger partial charge < -0.3 is 4.90 Å². The van der Waals surface area contributed by atoms with Gasteiger partial charge in [-0.15, -0.1) is 0 Å². The second kappa shape index (κ2) is 6.64. The molecular weight excluding hydrogens is 388 g/mol. The lowest BCUT2D eigenvalue weighted by Gasteiger charge is -2.55. The van der Waals surface area contributed by atoms with Crippen LogP contribution in [0.3, 0.4) is 0 Å². The third-order valence-corrected chi connectivity index (χ3v) is 7.60. The van der Waals surface area contributed by atoms with Crippen LogP contribution in [-0.4, -0.2) is 57.6 Å². The SMILES string of the molecule is Cc1cc(N2CC3CC(C2)N3S(=O)(=O)c2ccc(-n3cccn3)cc2)nc(C)n1. The Morgan fingerprint density at radius 2 is 1.76 bits per heavy atom. The smallest absolute Gasteiger partial charge is 0.243 e. The minimum absolute atomic E-state index is 0.0277. The Bertz CT molecular complexity index is 1110. The van der Waals surface area contributed by atoms with Gasteiger partial charge >= 0.3 is 0 Å². The molecule has 29 heavy (non-hydrogen) atoms. The fourth-order valence-corrected chi connectivity index (χ4v) is 6.14. The first-order valence-electron chi connectivity index (χ1n) is 9.63. The average molecular weight is 411 g/mol. The van der Waals surface area contributed by atoms with Crippen molar-refractivity contribution in [3.63, 3.8) is 0 Å². The van der Waals surface area contributed by atoms with E-state index < -0.39 is 10.0 Å². The lowest BCUT2D eigenvalue weighted by Crippen LogP contribution is -2.70. The van der Waals surface area contributed by atoms with E-state index in [2.05, 4.69) is 20.0 Å². The van der Waals surface area contributed by atoms with Gasteiger partial charge in [-0.1, -0.05) is 0 Å². The zero-order valence-corrected chi connectivity index (χ0v) is 17.1. The molecule has 1 aromatic carbocycles. The molecule has 2 aromatic heterocycles. The van der Waals surface area contributed by atoms with E-state index in [1.807, 2.05) is 32.2 Å². The highest BCUT2D eigenvalue weighted by Crippen LogP contribution is 2.38. The Morgan fingerprint density at radius 1 is 1.03 bits per heavy atom. The van der Waals surface area contributed by atoms with Crippen molar-refractivity contribution in [3.05, 3.63) is 60.3 Å². The zero-order valence-electron chi connectivity index (χ0n) is 16.3. The number of piperazine rings is 1. The molecule has 2 unspecified atom stereocenters. The van der Waals surface area contributed by atoms with Crippen LogP contribution in [0.4, 0.5) is 5.82 Å². The fourth-order valence-electron chi connectivity index (χ4n) is 4.33. The van der Waals surface area contributed by atoms with Gasteiger partial charge in [0.2, 0.25) is 10.0 Å². The molecule has 6 rings (SSSR count). The number of nitrogens with zero attached hydrogens (tertiary/aromatic N) is 6. The number of anilines is 1. The third kappa shape index (κ3) is 3.10. The van der Waals surface area contributed by atoms with Crippen molar-refractivity contribution in [2.24, 2.45) is 0 Å². The molecule has 3 fully saturated rings. The van der Waals surface area contributed by atoms with Gasteiger partial charge in [-0.3, -0.25) is 0 Å². The molecule has 8 nitrogen and oxygen atoms in total. The normalized spacial score (nSPS) is 21.8. The van der Waals surface area contributed by atoms with E-state index in [1.165, 1.54) is 0 Å². The molecule has 3 aromatic rings. The van der Waals surface area contributed by atoms with Crippen LogP contribution in [0.5, 0.6) is 0 Å². The van der Waals surface area contributed by atoms with Crippen LogP contribution < -0.4 is 4.90 Å². The summed E-state index contributed by atoms with van der Waals surface area (Å²) in [7, 11) is -3.52. The van der Waals surface area contributed by atoms with E-state index in [9.17, 15) is 8.42 Å². The predicted octanol–water partition coefficient (Wildman–Crippen LogP) is 1.93. The van der Waals surface area contributed by atoms with Gasteiger partial charge in [-0.2, -0.15) is 9.40 Å². The minimum Gasteiger partial charge on any atom is -0.353 e. The number of aromatic nitrogens is 4. The van der Waals surface area contributed by atoms with Gasteiger partial charge in [0, 0.05) is 49.3 Å². The summed E-state index contributed by atoms with van der Waals surface area (Å²) in [4.78, 5) is 11.4. The molecule has 0 spiro atoms. The van der Waals surface area contributed by atoms with Gasteiger partial charge in [0.25, 0.3) is 0 Å². The van der Waals surface area contributed by atoms with Gasteiger partial charge in [-0.05, 0) is 50.6 Å². The van der Waals surface area contributed by atoms with E-state index in [1.54, 1.807) is 39.4 Å². The van der Waals surface area contributed by atoms with E-state index in [4.69, 9.17) is 0 Å². The average Bonchev–Trinajstić information content (AvgIpc) is 3.22. The van der Waals surface area contributed by atoms with Crippen LogP contribution in [0.25, 0.3) is 5.69 Å². The Morgan fingerprint density at radius 3 is 2.38 bits per heavy atom. The highest BCUT2D eigenvalue weighted by atomic mass is 32.2. The molecule has 2 atom stereocenters. The molecule has 9 heteroatoms. The Balaban J connectivity index is 1.36. The van der Waals surface area contributed by atoms with Gasteiger partial charge in [0.1, 0.15) is 11.6 Å². The second-order valence-corrected chi connectivity index (χ2v) is 9.49. The molecular formula is C20H22N6O2S. The van der Waals surface area contributed by atoms with Crippen LogP contribution in [-0.2, 0) is 10.0 Å². The Hall–Kier alpha value is -2.78. The first-order valence-corrected chi connectivity index (χ1v) is 11.1. The predicted molar refractivity (Wildman–Crippen MR) is 109 cm³/mol. The first kappa shape index (κ1) is 18.3. The van der Waals surface area contributed by atoms with Crippen molar-refractivity contribution in [3.8, 4) is 5.69 Å². The van der Waals surface area contributed by atoms with Gasteiger partial charge in [0.05, 0.1) is 10.6 Å². The van der Waals surface area contributed by atoms with Crippen LogP contribution in [0.1, 0.15) is 17.9 Å². The van der Waals surface area contributed by atoms with E-state index in [0.717, 1.165) is 29.4 Å². The molecule has 0 amide bonds. The van der Waals surface area contributed by atoms with Crippen molar-refractivity contribution in [1.29, 1.82) is 0 Å². The summed E-state index contributed by atoms with van der Waals surface area (Å²) in [5.41, 5.74) is 1.76.